The third kappa shape index (κ3) is 5.10. The first-order valence-electron chi connectivity index (χ1n) is 5.77. The van der Waals surface area contributed by atoms with E-state index in [1.165, 1.54) is 4.88 Å². The second-order valence-corrected chi connectivity index (χ2v) is 8.49. The number of thiophene rings is 1. The lowest BCUT2D eigenvalue weighted by molar-refractivity contribution is 0.310. The van der Waals surface area contributed by atoms with Crippen molar-refractivity contribution in [2.45, 2.75) is 6.54 Å². The predicted octanol–water partition coefficient (Wildman–Crippen LogP) is 5.97. The zero-order valence-corrected chi connectivity index (χ0v) is 17.4. The molecule has 0 saturated carbocycles. The summed E-state index contributed by atoms with van der Waals surface area (Å²) in [6.07, 6.45) is 0. The summed E-state index contributed by atoms with van der Waals surface area (Å²) in [7, 11) is 0. The van der Waals surface area contributed by atoms with Gasteiger partial charge in [0.05, 0.1) is 8.95 Å². The number of hydrogen-bond acceptors (Lipinski definition) is 3. The zero-order valence-electron chi connectivity index (χ0n) is 10.3. The standard InChI is InChI=1S/C13H11Br4NOS/c14-8-4-11(16)13(12(17)5-8)19-2-1-18-6-10-3-9(15)7-20-10/h3-5,7,18H,1-2,6H2. The van der Waals surface area contributed by atoms with E-state index in [-0.39, 0.29) is 0 Å². The highest BCUT2D eigenvalue weighted by Crippen LogP contribution is 2.36. The molecule has 0 bridgehead atoms. The van der Waals surface area contributed by atoms with Gasteiger partial charge in [0.25, 0.3) is 0 Å². The maximum Gasteiger partial charge on any atom is 0.147 e. The van der Waals surface area contributed by atoms with Gasteiger partial charge < -0.3 is 10.1 Å². The highest BCUT2D eigenvalue weighted by molar-refractivity contribution is 9.11. The highest BCUT2D eigenvalue weighted by atomic mass is 79.9. The molecule has 0 amide bonds. The van der Waals surface area contributed by atoms with Gasteiger partial charge in [-0.15, -0.1) is 11.3 Å². The average molecular weight is 549 g/mol. The Morgan fingerprint density at radius 3 is 2.30 bits per heavy atom. The molecule has 7 heteroatoms. The number of nitrogens with one attached hydrogen (secondary N) is 1. The minimum atomic E-state index is 0.616. The van der Waals surface area contributed by atoms with E-state index in [2.05, 4.69) is 80.5 Å². The van der Waals surface area contributed by atoms with Crippen molar-refractivity contribution in [2.24, 2.45) is 0 Å². The van der Waals surface area contributed by atoms with Crippen LogP contribution in [0.1, 0.15) is 4.88 Å². The molecule has 0 aliphatic rings. The Morgan fingerprint density at radius 2 is 1.70 bits per heavy atom. The van der Waals surface area contributed by atoms with Crippen molar-refractivity contribution in [3.8, 4) is 5.75 Å². The summed E-state index contributed by atoms with van der Waals surface area (Å²) >= 11 is 15.6. The Bertz CT molecular complexity index is 564. The van der Waals surface area contributed by atoms with Crippen molar-refractivity contribution in [1.82, 2.24) is 5.32 Å². The minimum Gasteiger partial charge on any atom is -0.490 e. The highest BCUT2D eigenvalue weighted by Gasteiger charge is 2.07. The second-order valence-electron chi connectivity index (χ2n) is 3.96. The summed E-state index contributed by atoms with van der Waals surface area (Å²) in [5, 5.41) is 5.45. The van der Waals surface area contributed by atoms with Gasteiger partial charge in [0.2, 0.25) is 0 Å². The van der Waals surface area contributed by atoms with Crippen LogP contribution in [0.15, 0.2) is 41.5 Å². The molecule has 1 aromatic heterocycles. The van der Waals surface area contributed by atoms with Gasteiger partial charge in [0.15, 0.2) is 0 Å². The first-order chi connectivity index (χ1) is 9.56. The number of ether oxygens (including phenoxy) is 1. The van der Waals surface area contributed by atoms with Crippen LogP contribution in [0.25, 0.3) is 0 Å². The van der Waals surface area contributed by atoms with E-state index in [1.807, 2.05) is 12.1 Å². The molecular formula is C13H11Br4NOS. The Morgan fingerprint density at radius 1 is 1.00 bits per heavy atom. The summed E-state index contributed by atoms with van der Waals surface area (Å²) in [6.45, 7) is 2.28. The molecule has 1 N–H and O–H groups in total. The molecule has 2 rings (SSSR count). The van der Waals surface area contributed by atoms with Crippen LogP contribution in [-0.4, -0.2) is 13.2 Å². The fourth-order valence-corrected chi connectivity index (χ4v) is 5.46. The molecule has 1 heterocycles. The molecule has 0 atom stereocenters. The lowest BCUT2D eigenvalue weighted by Gasteiger charge is -2.11. The number of benzene rings is 1. The molecular weight excluding hydrogens is 538 g/mol. The van der Waals surface area contributed by atoms with E-state index in [4.69, 9.17) is 4.74 Å². The first-order valence-corrected chi connectivity index (χ1v) is 9.82. The van der Waals surface area contributed by atoms with Crippen molar-refractivity contribution in [3.05, 3.63) is 46.3 Å². The van der Waals surface area contributed by atoms with Crippen LogP contribution in [0, 0.1) is 0 Å². The zero-order chi connectivity index (χ0) is 14.5. The van der Waals surface area contributed by atoms with E-state index in [0.29, 0.717) is 6.61 Å². The largest absolute Gasteiger partial charge is 0.490 e. The third-order valence-electron chi connectivity index (χ3n) is 2.41. The Kier molecular flexibility index (Phi) is 7.03. The minimum absolute atomic E-state index is 0.616. The van der Waals surface area contributed by atoms with Crippen molar-refractivity contribution in [2.75, 3.05) is 13.2 Å². The number of hydrogen-bond donors (Lipinski definition) is 1. The molecule has 0 aliphatic carbocycles. The predicted molar refractivity (Wildman–Crippen MR) is 98.8 cm³/mol. The quantitative estimate of drug-likeness (QED) is 0.449. The van der Waals surface area contributed by atoms with Crippen LogP contribution in [-0.2, 0) is 6.54 Å². The van der Waals surface area contributed by atoms with Crippen molar-refractivity contribution in [3.63, 3.8) is 0 Å². The molecule has 0 unspecified atom stereocenters. The number of halogens is 4. The normalized spacial score (nSPS) is 10.8. The first kappa shape index (κ1) is 17.0. The van der Waals surface area contributed by atoms with E-state index >= 15 is 0 Å². The van der Waals surface area contributed by atoms with Gasteiger partial charge in [-0.3, -0.25) is 0 Å². The van der Waals surface area contributed by atoms with Gasteiger partial charge in [-0.2, -0.15) is 0 Å². The maximum atomic E-state index is 5.78. The van der Waals surface area contributed by atoms with Gasteiger partial charge in [0.1, 0.15) is 12.4 Å². The van der Waals surface area contributed by atoms with Gasteiger partial charge in [-0.05, 0) is 66.0 Å². The maximum absolute atomic E-state index is 5.78. The van der Waals surface area contributed by atoms with Crippen LogP contribution < -0.4 is 10.1 Å². The Hall–Kier alpha value is 0.600. The van der Waals surface area contributed by atoms with Gasteiger partial charge in [-0.1, -0.05) is 15.9 Å². The third-order valence-corrected chi connectivity index (χ3v) is 5.74. The summed E-state index contributed by atoms with van der Waals surface area (Å²) in [6, 6.07) is 6.06. The summed E-state index contributed by atoms with van der Waals surface area (Å²) < 4.78 is 9.79. The van der Waals surface area contributed by atoms with Crippen LogP contribution in [0.3, 0.4) is 0 Å². The monoisotopic (exact) mass is 545 g/mol. The Balaban J connectivity index is 1.76. The molecule has 2 nitrogen and oxygen atoms in total. The molecule has 0 fully saturated rings. The summed E-state index contributed by atoms with van der Waals surface area (Å²) in [5.41, 5.74) is 0. The van der Waals surface area contributed by atoms with Crippen molar-refractivity contribution in [1.29, 1.82) is 0 Å². The van der Waals surface area contributed by atoms with Crippen LogP contribution in [0.2, 0.25) is 0 Å². The summed E-state index contributed by atoms with van der Waals surface area (Å²) in [5.74, 6) is 0.828. The molecule has 0 spiro atoms. The molecule has 108 valence electrons. The van der Waals surface area contributed by atoms with Crippen LogP contribution >= 0.6 is 75.1 Å². The molecule has 0 aliphatic heterocycles. The average Bonchev–Trinajstić information content (AvgIpc) is 2.77. The van der Waals surface area contributed by atoms with Crippen LogP contribution in [0.5, 0.6) is 5.75 Å². The lowest BCUT2D eigenvalue weighted by Crippen LogP contribution is -2.20. The fraction of sp³-hybridized carbons (Fsp3) is 0.231. The number of rotatable bonds is 6. The summed E-state index contributed by atoms with van der Waals surface area (Å²) in [4.78, 5) is 1.31. The second kappa shape index (κ2) is 8.29. The lowest BCUT2D eigenvalue weighted by atomic mass is 10.3. The van der Waals surface area contributed by atoms with Crippen molar-refractivity contribution >= 4 is 75.1 Å². The SMILES string of the molecule is Brc1csc(CNCCOc2c(Br)cc(Br)cc2Br)c1. The van der Waals surface area contributed by atoms with Gasteiger partial charge >= 0.3 is 0 Å². The van der Waals surface area contributed by atoms with Crippen molar-refractivity contribution < 1.29 is 4.74 Å². The van der Waals surface area contributed by atoms with Crippen LogP contribution in [0.4, 0.5) is 0 Å². The van der Waals surface area contributed by atoms with Gasteiger partial charge in [0, 0.05) is 32.3 Å². The molecule has 2 aromatic rings. The van der Waals surface area contributed by atoms with E-state index in [9.17, 15) is 0 Å². The van der Waals surface area contributed by atoms with E-state index in [1.54, 1.807) is 11.3 Å². The topological polar surface area (TPSA) is 21.3 Å². The van der Waals surface area contributed by atoms with Gasteiger partial charge in [-0.25, -0.2) is 0 Å². The van der Waals surface area contributed by atoms with E-state index in [0.717, 1.165) is 36.7 Å². The molecule has 0 radical (unpaired) electrons. The smallest absolute Gasteiger partial charge is 0.147 e. The van der Waals surface area contributed by atoms with E-state index < -0.39 is 0 Å². The molecule has 1 aromatic carbocycles. The molecule has 20 heavy (non-hydrogen) atoms. The molecule has 0 saturated heterocycles. The Labute approximate surface area is 155 Å². The fourth-order valence-electron chi connectivity index (χ4n) is 1.55.